The van der Waals surface area contributed by atoms with Crippen LogP contribution in [0.4, 0.5) is 13.2 Å². The van der Waals surface area contributed by atoms with Crippen molar-refractivity contribution in [3.63, 3.8) is 0 Å². The van der Waals surface area contributed by atoms with E-state index < -0.39 is 24.2 Å². The first-order valence-electron chi connectivity index (χ1n) is 6.85. The molecule has 0 spiro atoms. The van der Waals surface area contributed by atoms with Crippen molar-refractivity contribution in [3.05, 3.63) is 59.0 Å². The Morgan fingerprint density at radius 1 is 1.22 bits per heavy atom. The summed E-state index contributed by atoms with van der Waals surface area (Å²) in [6, 6.07) is 8.06. The van der Waals surface area contributed by atoms with Gasteiger partial charge in [-0.05, 0) is 25.5 Å². The molecule has 2 rings (SSSR count). The Kier molecular flexibility index (Phi) is 4.51. The van der Waals surface area contributed by atoms with Gasteiger partial charge in [-0.3, -0.25) is 4.79 Å². The number of hydrogen-bond acceptors (Lipinski definition) is 3. The lowest BCUT2D eigenvalue weighted by Crippen LogP contribution is -2.51. The van der Waals surface area contributed by atoms with Crippen molar-refractivity contribution in [2.24, 2.45) is 0 Å². The van der Waals surface area contributed by atoms with E-state index >= 15 is 0 Å². The van der Waals surface area contributed by atoms with Gasteiger partial charge < -0.3 is 14.8 Å². The van der Waals surface area contributed by atoms with Gasteiger partial charge in [0.1, 0.15) is 11.5 Å². The molecule has 7 heteroatoms. The third-order valence-corrected chi connectivity index (χ3v) is 3.51. The van der Waals surface area contributed by atoms with Gasteiger partial charge >= 0.3 is 6.18 Å². The smallest absolute Gasteiger partial charge is 0.423 e. The fourth-order valence-corrected chi connectivity index (χ4v) is 2.24. The van der Waals surface area contributed by atoms with Gasteiger partial charge in [0.15, 0.2) is 0 Å². The van der Waals surface area contributed by atoms with E-state index in [1.54, 1.807) is 6.92 Å². The Morgan fingerprint density at radius 3 is 2.30 bits per heavy atom. The highest BCUT2D eigenvalue weighted by Crippen LogP contribution is 2.38. The van der Waals surface area contributed by atoms with Gasteiger partial charge in [0.25, 0.3) is 5.91 Å². The van der Waals surface area contributed by atoms with Crippen LogP contribution in [0.3, 0.4) is 0 Å². The summed E-state index contributed by atoms with van der Waals surface area (Å²) in [4.78, 5) is 12.0. The summed E-state index contributed by atoms with van der Waals surface area (Å²) in [5, 5.41) is 12.3. The van der Waals surface area contributed by atoms with Crippen LogP contribution in [-0.4, -0.2) is 23.7 Å². The van der Waals surface area contributed by atoms with Gasteiger partial charge in [-0.1, -0.05) is 30.3 Å². The summed E-state index contributed by atoms with van der Waals surface area (Å²) in [5.41, 5.74) is -3.37. The van der Waals surface area contributed by atoms with Crippen molar-refractivity contribution in [2.45, 2.75) is 25.6 Å². The van der Waals surface area contributed by atoms with E-state index in [1.807, 2.05) is 0 Å². The summed E-state index contributed by atoms with van der Waals surface area (Å²) in [6.45, 7) is 2.16. The lowest BCUT2D eigenvalue weighted by molar-refractivity contribution is -0.263. The third kappa shape index (κ3) is 3.39. The predicted octanol–water partition coefficient (Wildman–Crippen LogP) is 3.08. The molecule has 0 fully saturated rings. The topological polar surface area (TPSA) is 62.5 Å². The minimum absolute atomic E-state index is 0.139. The number of nitrogens with one attached hydrogen (secondary N) is 1. The first-order chi connectivity index (χ1) is 10.6. The maximum atomic E-state index is 13.3. The lowest BCUT2D eigenvalue weighted by Gasteiger charge is -2.31. The van der Waals surface area contributed by atoms with Gasteiger partial charge in [0.2, 0.25) is 5.60 Å². The van der Waals surface area contributed by atoms with E-state index in [-0.39, 0.29) is 11.1 Å². The van der Waals surface area contributed by atoms with Crippen LogP contribution >= 0.6 is 0 Å². The number of amides is 1. The first-order valence-corrected chi connectivity index (χ1v) is 6.85. The average Bonchev–Trinajstić information content (AvgIpc) is 2.83. The molecule has 0 bridgehead atoms. The van der Waals surface area contributed by atoms with E-state index in [0.29, 0.717) is 11.5 Å². The summed E-state index contributed by atoms with van der Waals surface area (Å²) < 4.78 is 45.1. The van der Waals surface area contributed by atoms with Crippen LogP contribution in [0, 0.1) is 13.8 Å². The number of carbonyl (C=O) groups is 1. The Balaban J connectivity index is 2.23. The number of aliphatic hydroxyl groups is 1. The molecule has 0 radical (unpaired) electrons. The van der Waals surface area contributed by atoms with Crippen molar-refractivity contribution in [1.82, 2.24) is 5.32 Å². The van der Waals surface area contributed by atoms with Gasteiger partial charge in [-0.25, -0.2) is 0 Å². The molecule has 1 aromatic carbocycles. The molecular formula is C16H16F3NO3. The summed E-state index contributed by atoms with van der Waals surface area (Å²) in [6.07, 6.45) is -4.94. The largest absolute Gasteiger partial charge is 0.466 e. The van der Waals surface area contributed by atoms with Gasteiger partial charge in [0, 0.05) is 0 Å². The highest BCUT2D eigenvalue weighted by molar-refractivity contribution is 5.95. The summed E-state index contributed by atoms with van der Waals surface area (Å²) in [7, 11) is 0. The fraction of sp³-hybridized carbons (Fsp3) is 0.312. The number of carbonyl (C=O) groups excluding carboxylic acids is 1. The molecule has 1 atom stereocenters. The Bertz CT molecular complexity index is 694. The lowest BCUT2D eigenvalue weighted by atomic mass is 9.93. The van der Waals surface area contributed by atoms with E-state index in [1.165, 1.54) is 31.2 Å². The molecule has 0 saturated carbocycles. The Hall–Kier alpha value is -2.28. The predicted molar refractivity (Wildman–Crippen MR) is 76.9 cm³/mol. The Labute approximate surface area is 130 Å². The van der Waals surface area contributed by atoms with Crippen LogP contribution in [-0.2, 0) is 5.60 Å². The molecule has 0 aliphatic carbocycles. The number of alkyl halides is 3. The van der Waals surface area contributed by atoms with Crippen LogP contribution in [0.15, 0.2) is 40.8 Å². The second-order valence-electron chi connectivity index (χ2n) is 5.23. The van der Waals surface area contributed by atoms with Crippen LogP contribution in [0.2, 0.25) is 0 Å². The quantitative estimate of drug-likeness (QED) is 0.907. The van der Waals surface area contributed by atoms with E-state index in [0.717, 1.165) is 12.1 Å². The molecule has 0 aliphatic rings. The van der Waals surface area contributed by atoms with Gasteiger partial charge in [0.05, 0.1) is 12.1 Å². The van der Waals surface area contributed by atoms with Crippen LogP contribution in [0.1, 0.15) is 27.4 Å². The van der Waals surface area contributed by atoms with Gasteiger partial charge in [-0.2, -0.15) is 13.2 Å². The fourth-order valence-electron chi connectivity index (χ4n) is 2.24. The number of furan rings is 1. The molecule has 23 heavy (non-hydrogen) atoms. The maximum absolute atomic E-state index is 13.3. The zero-order valence-electron chi connectivity index (χ0n) is 12.6. The second-order valence-corrected chi connectivity index (χ2v) is 5.23. The number of benzene rings is 1. The minimum Gasteiger partial charge on any atom is -0.466 e. The molecular weight excluding hydrogens is 311 g/mol. The third-order valence-electron chi connectivity index (χ3n) is 3.51. The van der Waals surface area contributed by atoms with Crippen molar-refractivity contribution in [3.8, 4) is 0 Å². The second kappa shape index (κ2) is 6.08. The molecule has 0 aliphatic heterocycles. The number of halogens is 3. The molecule has 1 amide bonds. The zero-order valence-corrected chi connectivity index (χ0v) is 12.6. The monoisotopic (exact) mass is 327 g/mol. The standard InChI is InChI=1S/C16H16F3NO3/c1-10-8-13(11(2)23-10)14(21)20-9-15(22,16(17,18)19)12-6-4-3-5-7-12/h3-8,22H,9H2,1-2H3,(H,20,21)/t15-/m0/s1. The number of rotatable bonds is 4. The van der Waals surface area contributed by atoms with E-state index in [4.69, 9.17) is 4.42 Å². The van der Waals surface area contributed by atoms with E-state index in [2.05, 4.69) is 5.32 Å². The first kappa shape index (κ1) is 17.1. The van der Waals surface area contributed by atoms with Crippen LogP contribution in [0.5, 0.6) is 0 Å². The molecule has 2 aromatic rings. The van der Waals surface area contributed by atoms with Crippen molar-refractivity contribution in [1.29, 1.82) is 0 Å². The molecule has 0 saturated heterocycles. The Morgan fingerprint density at radius 2 is 1.83 bits per heavy atom. The highest BCUT2D eigenvalue weighted by atomic mass is 19.4. The zero-order chi connectivity index (χ0) is 17.3. The highest BCUT2D eigenvalue weighted by Gasteiger charge is 2.55. The molecule has 0 unspecified atom stereocenters. The molecule has 2 N–H and O–H groups in total. The molecule has 1 aromatic heterocycles. The maximum Gasteiger partial charge on any atom is 0.423 e. The van der Waals surface area contributed by atoms with Crippen LogP contribution in [0.25, 0.3) is 0 Å². The summed E-state index contributed by atoms with van der Waals surface area (Å²) >= 11 is 0. The molecule has 1 heterocycles. The van der Waals surface area contributed by atoms with Crippen molar-refractivity contribution in [2.75, 3.05) is 6.54 Å². The van der Waals surface area contributed by atoms with Crippen molar-refractivity contribution < 1.29 is 27.5 Å². The number of hydrogen-bond donors (Lipinski definition) is 2. The SMILES string of the molecule is Cc1cc(C(=O)NC[C@](O)(c2ccccc2)C(F)(F)F)c(C)o1. The summed E-state index contributed by atoms with van der Waals surface area (Å²) in [5.74, 6) is 0.0370. The minimum atomic E-state index is -4.94. The molecule has 4 nitrogen and oxygen atoms in total. The van der Waals surface area contributed by atoms with Gasteiger partial charge in [-0.15, -0.1) is 0 Å². The average molecular weight is 327 g/mol. The molecule has 124 valence electrons. The van der Waals surface area contributed by atoms with E-state index in [9.17, 15) is 23.1 Å². The number of aryl methyl sites for hydroxylation is 2. The normalized spacial score (nSPS) is 14.3. The van der Waals surface area contributed by atoms with Crippen LogP contribution < -0.4 is 5.32 Å². The van der Waals surface area contributed by atoms with Crippen molar-refractivity contribution >= 4 is 5.91 Å².